The number of benzene rings is 2. The van der Waals surface area contributed by atoms with Gasteiger partial charge >= 0.3 is 0 Å². The van der Waals surface area contributed by atoms with Crippen LogP contribution in [0.4, 0.5) is 0 Å². The summed E-state index contributed by atoms with van der Waals surface area (Å²) in [5.74, 6) is 0. The summed E-state index contributed by atoms with van der Waals surface area (Å²) in [5.41, 5.74) is 0.211. The van der Waals surface area contributed by atoms with Crippen LogP contribution in [0.3, 0.4) is 0 Å². The lowest BCUT2D eigenvalue weighted by atomic mass is 10.1. The van der Waals surface area contributed by atoms with Crippen LogP contribution in [-0.2, 0) is 26.2 Å². The van der Waals surface area contributed by atoms with Crippen LogP contribution in [0.25, 0.3) is 43.6 Å². The molecule has 0 aliphatic rings. The van der Waals surface area contributed by atoms with Gasteiger partial charge in [0.15, 0.2) is 19.0 Å². The quantitative estimate of drug-likeness (QED) is 0.120. The summed E-state index contributed by atoms with van der Waals surface area (Å²) in [6, 6.07) is 4.97. The number of nitrogens with zero attached hydrogens (tertiary/aromatic N) is 26. The lowest BCUT2D eigenvalue weighted by Crippen LogP contribution is -2.30. The van der Waals surface area contributed by atoms with Crippen molar-refractivity contribution in [1.29, 1.82) is 0 Å². The molecule has 8 heterocycles. The number of aromatic nitrogens is 26. The number of rotatable bonds is 12. The molecular weight excluding hydrogens is 837 g/mol. The summed E-state index contributed by atoms with van der Waals surface area (Å²) in [4.78, 5) is 65.2. The van der Waals surface area contributed by atoms with E-state index in [9.17, 15) is 19.2 Å². The van der Waals surface area contributed by atoms with Crippen molar-refractivity contribution in [2.75, 3.05) is 0 Å². The molecule has 8 aromatic heterocycles. The molecule has 0 saturated carbocycles. The summed E-state index contributed by atoms with van der Waals surface area (Å²) in [6.45, 7) is 8.67. The van der Waals surface area contributed by atoms with Crippen molar-refractivity contribution < 1.29 is 0 Å². The van der Waals surface area contributed by atoms with Gasteiger partial charge < -0.3 is 0 Å². The third-order valence-electron chi connectivity index (χ3n) is 10.3. The number of hydrogen-bond acceptors (Lipinski definition) is 22. The van der Waals surface area contributed by atoms with E-state index in [-0.39, 0.29) is 46.4 Å². The Morgan fingerprint density at radius 2 is 0.844 bits per heavy atom. The predicted octanol–water partition coefficient (Wildman–Crippen LogP) is -2.01. The van der Waals surface area contributed by atoms with E-state index in [2.05, 4.69) is 92.3 Å². The molecule has 10 rings (SSSR count). The second-order valence-electron chi connectivity index (χ2n) is 14.8. The summed E-state index contributed by atoms with van der Waals surface area (Å²) < 4.78 is 7.00. The molecule has 64 heavy (non-hydrogen) atoms. The van der Waals surface area contributed by atoms with Crippen molar-refractivity contribution in [2.24, 2.45) is 0 Å². The average Bonchev–Trinajstić information content (AvgIpc) is 4.15. The molecule has 0 spiro atoms. The van der Waals surface area contributed by atoms with Crippen molar-refractivity contribution in [1.82, 2.24) is 130 Å². The molecule has 0 fully saturated rings. The van der Waals surface area contributed by atoms with E-state index in [4.69, 9.17) is 0 Å². The Balaban J connectivity index is 0.000000162. The standard InChI is InChI=1S/2C17H17N13O2/c1-10(6-29-21-7-19-24-29)28-8-18-14-3-13-15(4-12(14)16(28)31)22-25-30(17(13)32)11(2)5-27-9-20-23-26-27;1-10(5-28-21-7-19-24-28)27-9-18-14-3-13-15(4-12(14)16(27)31)23-26-30(17(13)32)11(2)6-29-22-8-20-25-29/h2*3-4,7-11H,5-6H2,1-2H3/t2*10-,11-/m11/s1. The number of fused-ring (bicyclic) bond motifs is 4. The molecule has 4 atom stereocenters. The molecule has 10 aromatic rings. The normalized spacial score (nSPS) is 13.6. The maximum atomic E-state index is 13.1. The summed E-state index contributed by atoms with van der Waals surface area (Å²) in [7, 11) is 0. The summed E-state index contributed by atoms with van der Waals surface area (Å²) in [5, 5.41) is 63.0. The van der Waals surface area contributed by atoms with Crippen molar-refractivity contribution in [3.63, 3.8) is 0 Å². The molecule has 0 radical (unpaired) electrons. The van der Waals surface area contributed by atoms with Crippen LogP contribution in [-0.4, -0.2) is 130 Å². The molecule has 0 N–H and O–H groups in total. The Hall–Kier alpha value is -8.86. The molecule has 0 amide bonds. The first-order valence-electron chi connectivity index (χ1n) is 19.5. The van der Waals surface area contributed by atoms with E-state index >= 15 is 0 Å². The van der Waals surface area contributed by atoms with Crippen LogP contribution in [0.1, 0.15) is 51.9 Å². The molecule has 30 heteroatoms. The predicted molar refractivity (Wildman–Crippen MR) is 217 cm³/mol. The first kappa shape index (κ1) is 40.5. The van der Waals surface area contributed by atoms with E-state index < -0.39 is 0 Å². The number of hydrogen-bond donors (Lipinski definition) is 0. The molecule has 30 nitrogen and oxygen atoms in total. The highest BCUT2D eigenvalue weighted by Crippen LogP contribution is 2.18. The average molecular weight is 871 g/mol. The van der Waals surface area contributed by atoms with Crippen LogP contribution in [0.5, 0.6) is 0 Å². The minimum absolute atomic E-state index is 0.262. The monoisotopic (exact) mass is 870 g/mol. The van der Waals surface area contributed by atoms with E-state index in [1.165, 1.54) is 75.5 Å². The largest absolute Gasteiger partial charge is 0.294 e. The zero-order chi connectivity index (χ0) is 44.5. The Kier molecular flexibility index (Phi) is 10.7. The van der Waals surface area contributed by atoms with Crippen LogP contribution in [0.15, 0.2) is 81.4 Å². The van der Waals surface area contributed by atoms with Gasteiger partial charge in [0.2, 0.25) is 0 Å². The highest BCUT2D eigenvalue weighted by molar-refractivity contribution is 5.94. The van der Waals surface area contributed by atoms with Gasteiger partial charge in [0.1, 0.15) is 17.4 Å². The van der Waals surface area contributed by atoms with Gasteiger partial charge in [-0.05, 0) is 78.0 Å². The molecule has 0 bridgehead atoms. The van der Waals surface area contributed by atoms with Gasteiger partial charge in [0, 0.05) is 0 Å². The SMILES string of the molecule is C[C@H](Cn1ncnn1)n1cnc2cc3c(=O)n([C@H](C)Cn4cnnn4)nnc3cc2c1=O.C[C@H](Cn1ncnn1)n1cnc2cc3c(=O)n([C@H](C)Cn4ncnn4)nnc3cc2c1=O. The van der Waals surface area contributed by atoms with Gasteiger partial charge in [0.25, 0.3) is 22.2 Å². The summed E-state index contributed by atoms with van der Waals surface area (Å²) in [6.07, 6.45) is 8.33. The zero-order valence-electron chi connectivity index (χ0n) is 34.2. The van der Waals surface area contributed by atoms with Crippen molar-refractivity contribution in [3.8, 4) is 0 Å². The fourth-order valence-corrected chi connectivity index (χ4v) is 6.97. The molecule has 0 aliphatic carbocycles. The maximum Gasteiger partial charge on any atom is 0.277 e. The van der Waals surface area contributed by atoms with E-state index in [0.717, 1.165) is 0 Å². The lowest BCUT2D eigenvalue weighted by molar-refractivity contribution is 0.354. The van der Waals surface area contributed by atoms with Crippen LogP contribution in [0.2, 0.25) is 0 Å². The lowest BCUT2D eigenvalue weighted by Gasteiger charge is -2.15. The van der Waals surface area contributed by atoms with Crippen molar-refractivity contribution in [2.45, 2.75) is 78.0 Å². The second-order valence-corrected chi connectivity index (χ2v) is 14.8. The first-order chi connectivity index (χ1) is 31.0. The minimum Gasteiger partial charge on any atom is -0.294 e. The minimum atomic E-state index is -0.364. The zero-order valence-corrected chi connectivity index (χ0v) is 34.2. The molecular formula is C34H34N26O4. The highest BCUT2D eigenvalue weighted by atomic mass is 16.1. The first-order valence-corrected chi connectivity index (χ1v) is 19.5. The molecule has 324 valence electrons. The van der Waals surface area contributed by atoms with E-state index in [1.54, 1.807) is 31.2 Å². The van der Waals surface area contributed by atoms with Crippen LogP contribution >= 0.6 is 0 Å². The molecule has 0 saturated heterocycles. The van der Waals surface area contributed by atoms with Gasteiger partial charge in [-0.15, -0.1) is 45.9 Å². The van der Waals surface area contributed by atoms with Gasteiger partial charge in [-0.3, -0.25) is 28.3 Å². The Morgan fingerprint density at radius 3 is 1.25 bits per heavy atom. The fourth-order valence-electron chi connectivity index (χ4n) is 6.97. The van der Waals surface area contributed by atoms with Crippen LogP contribution in [0, 0.1) is 0 Å². The Morgan fingerprint density at radius 1 is 0.438 bits per heavy atom. The molecule has 0 aliphatic heterocycles. The molecule has 2 aromatic carbocycles. The van der Waals surface area contributed by atoms with Gasteiger partial charge in [-0.25, -0.2) is 24.0 Å². The number of tetrazole rings is 4. The van der Waals surface area contributed by atoms with Gasteiger partial charge in [-0.1, -0.05) is 10.4 Å². The Labute approximate surface area is 354 Å². The smallest absolute Gasteiger partial charge is 0.277 e. The van der Waals surface area contributed by atoms with Crippen molar-refractivity contribution >= 4 is 43.6 Å². The fraction of sp³-hybridized carbons (Fsp3) is 0.353. The third-order valence-corrected chi connectivity index (χ3v) is 10.3. The third kappa shape index (κ3) is 7.91. The van der Waals surface area contributed by atoms with Gasteiger partial charge in [0.05, 0.1) is 95.6 Å². The molecule has 0 unspecified atom stereocenters. The van der Waals surface area contributed by atoms with Crippen LogP contribution < -0.4 is 22.2 Å². The Bertz CT molecular complexity index is 3010. The van der Waals surface area contributed by atoms with Gasteiger partial charge in [-0.2, -0.15) is 14.4 Å². The van der Waals surface area contributed by atoms with Crippen molar-refractivity contribution in [3.05, 3.63) is 104 Å². The van der Waals surface area contributed by atoms with E-state index in [1.807, 2.05) is 20.8 Å². The highest BCUT2D eigenvalue weighted by Gasteiger charge is 2.19. The second kappa shape index (κ2) is 16.9. The topological polar surface area (TPSA) is 340 Å². The van der Waals surface area contributed by atoms with E-state index in [0.29, 0.717) is 69.8 Å². The maximum absolute atomic E-state index is 13.1. The summed E-state index contributed by atoms with van der Waals surface area (Å²) >= 11 is 0.